The second kappa shape index (κ2) is 7.35. The smallest absolute Gasteiger partial charge is 0.222 e. The van der Waals surface area contributed by atoms with Crippen LogP contribution in [0.15, 0.2) is 6.33 Å². The molecule has 0 aromatic carbocycles. The van der Waals surface area contributed by atoms with E-state index in [0.29, 0.717) is 13.0 Å². The number of rotatable bonds is 8. The van der Waals surface area contributed by atoms with Crippen molar-refractivity contribution in [2.24, 2.45) is 0 Å². The highest BCUT2D eigenvalue weighted by atomic mass is 16.5. The number of aromatic nitrogens is 3. The lowest BCUT2D eigenvalue weighted by Gasteiger charge is -2.21. The maximum Gasteiger partial charge on any atom is 0.222 e. The van der Waals surface area contributed by atoms with Crippen LogP contribution in [0.5, 0.6) is 0 Å². The molecule has 1 aromatic rings. The molecule has 0 atom stereocenters. The van der Waals surface area contributed by atoms with Crippen LogP contribution in [0.2, 0.25) is 0 Å². The highest BCUT2D eigenvalue weighted by Crippen LogP contribution is 2.09. The average molecular weight is 281 g/mol. The Hall–Kier alpha value is -1.47. The van der Waals surface area contributed by atoms with Gasteiger partial charge in [-0.25, -0.2) is 0 Å². The number of carbonyl (C=O) groups excluding carboxylic acids is 1. The SMILES string of the molecule is COCCn1cnnc1CN(C)CCN1CCCC1=O. The Morgan fingerprint density at radius 1 is 1.45 bits per heavy atom. The van der Waals surface area contributed by atoms with E-state index in [1.807, 2.05) is 16.5 Å². The van der Waals surface area contributed by atoms with Gasteiger partial charge in [-0.1, -0.05) is 0 Å². The summed E-state index contributed by atoms with van der Waals surface area (Å²) in [6, 6.07) is 0. The van der Waals surface area contributed by atoms with Crippen molar-refractivity contribution in [2.75, 3.05) is 40.4 Å². The molecule has 0 saturated carbocycles. The minimum atomic E-state index is 0.279. The fraction of sp³-hybridized carbons (Fsp3) is 0.769. The highest BCUT2D eigenvalue weighted by molar-refractivity contribution is 5.78. The molecule has 1 saturated heterocycles. The fourth-order valence-corrected chi connectivity index (χ4v) is 2.33. The number of hydrogen-bond acceptors (Lipinski definition) is 5. The molecule has 0 bridgehead atoms. The third-order valence-corrected chi connectivity index (χ3v) is 3.57. The zero-order valence-corrected chi connectivity index (χ0v) is 12.3. The minimum absolute atomic E-state index is 0.279. The number of ether oxygens (including phenoxy) is 1. The average Bonchev–Trinajstić information content (AvgIpc) is 3.03. The van der Waals surface area contributed by atoms with Gasteiger partial charge < -0.3 is 14.2 Å². The van der Waals surface area contributed by atoms with Crippen molar-refractivity contribution in [2.45, 2.75) is 25.9 Å². The van der Waals surface area contributed by atoms with E-state index in [0.717, 1.165) is 45.0 Å². The summed E-state index contributed by atoms with van der Waals surface area (Å²) in [4.78, 5) is 15.6. The van der Waals surface area contributed by atoms with Gasteiger partial charge in [-0.3, -0.25) is 9.69 Å². The first-order valence-corrected chi connectivity index (χ1v) is 7.02. The molecule has 2 heterocycles. The van der Waals surface area contributed by atoms with Crippen LogP contribution in [0.1, 0.15) is 18.7 Å². The summed E-state index contributed by atoms with van der Waals surface area (Å²) in [5.74, 6) is 1.21. The maximum absolute atomic E-state index is 11.5. The molecule has 1 fully saturated rings. The first kappa shape index (κ1) is 14.9. The summed E-state index contributed by atoms with van der Waals surface area (Å²) in [5, 5.41) is 8.08. The topological polar surface area (TPSA) is 63.5 Å². The number of likely N-dealkylation sites (tertiary alicyclic amines) is 1. The van der Waals surface area contributed by atoms with Crippen molar-refractivity contribution < 1.29 is 9.53 Å². The number of hydrogen-bond donors (Lipinski definition) is 0. The Labute approximate surface area is 119 Å². The molecule has 2 rings (SSSR count). The summed E-state index contributed by atoms with van der Waals surface area (Å²) < 4.78 is 7.07. The molecular weight excluding hydrogens is 258 g/mol. The van der Waals surface area contributed by atoms with Crippen molar-refractivity contribution in [1.82, 2.24) is 24.6 Å². The van der Waals surface area contributed by atoms with E-state index in [2.05, 4.69) is 15.1 Å². The summed E-state index contributed by atoms with van der Waals surface area (Å²) in [6.45, 7) is 4.68. The Morgan fingerprint density at radius 2 is 2.30 bits per heavy atom. The van der Waals surface area contributed by atoms with Gasteiger partial charge in [-0.15, -0.1) is 10.2 Å². The summed E-state index contributed by atoms with van der Waals surface area (Å²) >= 11 is 0. The Morgan fingerprint density at radius 3 is 3.00 bits per heavy atom. The van der Waals surface area contributed by atoms with Crippen LogP contribution >= 0.6 is 0 Å². The molecule has 0 radical (unpaired) electrons. The van der Waals surface area contributed by atoms with Crippen molar-refractivity contribution in [3.05, 3.63) is 12.2 Å². The maximum atomic E-state index is 11.5. The molecule has 112 valence electrons. The molecular formula is C13H23N5O2. The van der Waals surface area contributed by atoms with Crippen LogP contribution < -0.4 is 0 Å². The molecule has 7 heteroatoms. The van der Waals surface area contributed by atoms with Gasteiger partial charge in [0.2, 0.25) is 5.91 Å². The molecule has 0 unspecified atom stereocenters. The van der Waals surface area contributed by atoms with E-state index >= 15 is 0 Å². The standard InChI is InChI=1S/C13H23N5O2/c1-16(6-7-17-5-3-4-13(17)19)10-12-15-14-11-18(12)8-9-20-2/h11H,3-10H2,1-2H3. The quantitative estimate of drug-likeness (QED) is 0.670. The van der Waals surface area contributed by atoms with Gasteiger partial charge in [0.15, 0.2) is 0 Å². The van der Waals surface area contributed by atoms with Gasteiger partial charge >= 0.3 is 0 Å². The third-order valence-electron chi connectivity index (χ3n) is 3.57. The third kappa shape index (κ3) is 4.01. The zero-order chi connectivity index (χ0) is 14.4. The summed E-state index contributed by atoms with van der Waals surface area (Å²) in [6.07, 6.45) is 3.43. The van der Waals surface area contributed by atoms with E-state index in [4.69, 9.17) is 4.74 Å². The largest absolute Gasteiger partial charge is 0.383 e. The second-order valence-electron chi connectivity index (χ2n) is 5.16. The molecule has 1 amide bonds. The Kier molecular flexibility index (Phi) is 5.49. The van der Waals surface area contributed by atoms with Crippen LogP contribution in [0, 0.1) is 0 Å². The molecule has 7 nitrogen and oxygen atoms in total. The van der Waals surface area contributed by atoms with Crippen molar-refractivity contribution >= 4 is 5.91 Å². The van der Waals surface area contributed by atoms with Gasteiger partial charge in [0.05, 0.1) is 13.2 Å². The van der Waals surface area contributed by atoms with Crippen molar-refractivity contribution in [1.29, 1.82) is 0 Å². The lowest BCUT2D eigenvalue weighted by atomic mass is 10.4. The van der Waals surface area contributed by atoms with E-state index < -0.39 is 0 Å². The van der Waals surface area contributed by atoms with E-state index in [1.165, 1.54) is 0 Å². The van der Waals surface area contributed by atoms with Gasteiger partial charge in [0.25, 0.3) is 0 Å². The van der Waals surface area contributed by atoms with Crippen LogP contribution in [-0.2, 0) is 22.6 Å². The normalized spacial score (nSPS) is 15.6. The molecule has 1 aliphatic rings. The predicted octanol–water partition coefficient (Wildman–Crippen LogP) is -0.0213. The molecule has 1 aliphatic heterocycles. The van der Waals surface area contributed by atoms with E-state index in [9.17, 15) is 4.79 Å². The van der Waals surface area contributed by atoms with Crippen LogP contribution in [0.25, 0.3) is 0 Å². The zero-order valence-electron chi connectivity index (χ0n) is 12.3. The van der Waals surface area contributed by atoms with Crippen molar-refractivity contribution in [3.8, 4) is 0 Å². The molecule has 0 spiro atoms. The van der Waals surface area contributed by atoms with Crippen LogP contribution in [-0.4, -0.2) is 70.9 Å². The number of nitrogens with zero attached hydrogens (tertiary/aromatic N) is 5. The van der Waals surface area contributed by atoms with Gasteiger partial charge in [0.1, 0.15) is 12.2 Å². The van der Waals surface area contributed by atoms with Crippen LogP contribution in [0.3, 0.4) is 0 Å². The van der Waals surface area contributed by atoms with Gasteiger partial charge in [-0.05, 0) is 13.5 Å². The predicted molar refractivity (Wildman–Crippen MR) is 74.0 cm³/mol. The number of amides is 1. The first-order chi connectivity index (χ1) is 9.70. The van der Waals surface area contributed by atoms with Crippen molar-refractivity contribution in [3.63, 3.8) is 0 Å². The minimum Gasteiger partial charge on any atom is -0.383 e. The fourth-order valence-electron chi connectivity index (χ4n) is 2.33. The monoisotopic (exact) mass is 281 g/mol. The Bertz CT molecular complexity index is 434. The second-order valence-corrected chi connectivity index (χ2v) is 5.16. The van der Waals surface area contributed by atoms with Crippen LogP contribution in [0.4, 0.5) is 0 Å². The Balaban J connectivity index is 1.77. The summed E-state index contributed by atoms with van der Waals surface area (Å²) in [5.41, 5.74) is 0. The summed E-state index contributed by atoms with van der Waals surface area (Å²) in [7, 11) is 3.72. The molecule has 0 N–H and O–H groups in total. The molecule has 1 aromatic heterocycles. The molecule has 20 heavy (non-hydrogen) atoms. The lowest BCUT2D eigenvalue weighted by Crippen LogP contribution is -2.34. The lowest BCUT2D eigenvalue weighted by molar-refractivity contribution is -0.127. The number of likely N-dealkylation sites (N-methyl/N-ethyl adjacent to an activating group) is 1. The highest BCUT2D eigenvalue weighted by Gasteiger charge is 2.20. The van der Waals surface area contributed by atoms with E-state index in [1.54, 1.807) is 13.4 Å². The van der Waals surface area contributed by atoms with E-state index in [-0.39, 0.29) is 5.91 Å². The van der Waals surface area contributed by atoms with Gasteiger partial charge in [-0.2, -0.15) is 0 Å². The van der Waals surface area contributed by atoms with Gasteiger partial charge in [0, 0.05) is 39.7 Å². The first-order valence-electron chi connectivity index (χ1n) is 7.02. The number of carbonyl (C=O) groups is 1. The number of methoxy groups -OCH3 is 1. The molecule has 0 aliphatic carbocycles.